The molecule has 1 amide bonds. The van der Waals surface area contributed by atoms with Gasteiger partial charge in [0.1, 0.15) is 5.75 Å². The van der Waals surface area contributed by atoms with Gasteiger partial charge in [0, 0.05) is 30.9 Å². The van der Waals surface area contributed by atoms with Crippen molar-refractivity contribution in [2.75, 3.05) is 31.6 Å². The van der Waals surface area contributed by atoms with Gasteiger partial charge in [0.15, 0.2) is 0 Å². The Hall–Kier alpha value is -2.43. The summed E-state index contributed by atoms with van der Waals surface area (Å²) >= 11 is 0. The number of anilines is 1. The van der Waals surface area contributed by atoms with Crippen LogP contribution in [0.4, 0.5) is 5.69 Å². The van der Waals surface area contributed by atoms with Crippen LogP contribution in [0.1, 0.15) is 44.6 Å². The second-order valence-corrected chi connectivity index (χ2v) is 11.2. The lowest BCUT2D eigenvalue weighted by Gasteiger charge is -2.26. The number of hydrogen-bond acceptors (Lipinski definition) is 6. The number of morpholine rings is 1. The highest BCUT2D eigenvalue weighted by atomic mass is 32.2. The van der Waals surface area contributed by atoms with Crippen LogP contribution < -0.4 is 10.1 Å². The van der Waals surface area contributed by atoms with Crippen LogP contribution in [0.2, 0.25) is 0 Å². The van der Waals surface area contributed by atoms with E-state index in [-0.39, 0.29) is 23.3 Å². The van der Waals surface area contributed by atoms with Crippen LogP contribution in [-0.4, -0.2) is 60.8 Å². The Balaban J connectivity index is 1.86. The number of rotatable bonds is 9. The van der Waals surface area contributed by atoms with E-state index in [1.54, 1.807) is 6.07 Å². The number of benzene rings is 1. The molecule has 188 valence electrons. The second kappa shape index (κ2) is 10.9. The molecule has 0 atom stereocenters. The molecule has 1 saturated heterocycles. The summed E-state index contributed by atoms with van der Waals surface area (Å²) in [6.07, 6.45) is -0.00626. The van der Waals surface area contributed by atoms with Gasteiger partial charge >= 0.3 is 0 Å². The molecular weight excluding hydrogens is 456 g/mol. The molecule has 34 heavy (non-hydrogen) atoms. The predicted molar refractivity (Wildman–Crippen MR) is 131 cm³/mol. The summed E-state index contributed by atoms with van der Waals surface area (Å²) in [5, 5.41) is 7.46. The maximum absolute atomic E-state index is 13.1. The molecule has 3 rings (SSSR count). The fourth-order valence-electron chi connectivity index (χ4n) is 3.93. The normalized spacial score (nSPS) is 15.2. The van der Waals surface area contributed by atoms with E-state index in [1.165, 1.54) is 16.4 Å². The first kappa shape index (κ1) is 26.2. The highest BCUT2D eigenvalue weighted by Crippen LogP contribution is 2.31. The molecular formula is C24H36N4O5S. The van der Waals surface area contributed by atoms with Crippen molar-refractivity contribution in [3.05, 3.63) is 35.2 Å². The average molecular weight is 493 g/mol. The number of hydrogen-bond donors (Lipinski definition) is 1. The van der Waals surface area contributed by atoms with Crippen molar-refractivity contribution in [3.63, 3.8) is 0 Å². The quantitative estimate of drug-likeness (QED) is 0.577. The molecule has 0 radical (unpaired) electrons. The zero-order chi connectivity index (χ0) is 25.0. The number of nitrogens with one attached hydrogen (secondary N) is 1. The lowest BCUT2D eigenvalue weighted by atomic mass is 10.1. The lowest BCUT2D eigenvalue weighted by molar-refractivity contribution is -0.115. The van der Waals surface area contributed by atoms with E-state index in [2.05, 4.69) is 24.3 Å². The number of sulfonamides is 1. The number of aromatic nitrogens is 2. The number of carbonyl (C=O) groups is 1. The first-order valence-electron chi connectivity index (χ1n) is 11.7. The van der Waals surface area contributed by atoms with Gasteiger partial charge in [-0.15, -0.1) is 0 Å². The van der Waals surface area contributed by atoms with Crippen molar-refractivity contribution < 1.29 is 22.7 Å². The van der Waals surface area contributed by atoms with Crippen LogP contribution in [0, 0.1) is 19.8 Å². The number of nitrogens with zero attached hydrogens (tertiary/aromatic N) is 3. The Morgan fingerprint density at radius 1 is 1.18 bits per heavy atom. The summed E-state index contributed by atoms with van der Waals surface area (Å²) in [7, 11) is -3.71. The molecule has 9 nitrogen and oxygen atoms in total. The van der Waals surface area contributed by atoms with Crippen LogP contribution in [0.3, 0.4) is 0 Å². The maximum atomic E-state index is 13.1. The Morgan fingerprint density at radius 2 is 1.85 bits per heavy atom. The van der Waals surface area contributed by atoms with Crippen LogP contribution in [0.25, 0.3) is 0 Å². The minimum Gasteiger partial charge on any atom is -0.489 e. The van der Waals surface area contributed by atoms with Crippen LogP contribution >= 0.6 is 0 Å². The van der Waals surface area contributed by atoms with Crippen LogP contribution in [0.5, 0.6) is 5.75 Å². The summed E-state index contributed by atoms with van der Waals surface area (Å²) in [5.74, 6) is 0.602. The van der Waals surface area contributed by atoms with E-state index in [4.69, 9.17) is 9.47 Å². The Labute approximate surface area is 202 Å². The van der Waals surface area contributed by atoms with Gasteiger partial charge in [0.2, 0.25) is 15.9 Å². The monoisotopic (exact) mass is 492 g/mol. The van der Waals surface area contributed by atoms with E-state index in [9.17, 15) is 13.2 Å². The van der Waals surface area contributed by atoms with E-state index in [1.807, 2.05) is 32.4 Å². The first-order valence-corrected chi connectivity index (χ1v) is 13.1. The minimum absolute atomic E-state index is 0.109. The standard InChI is InChI=1S/C24H36N4O5S/c1-16(2)15-28-19(6)21(18(5)26-28)14-24(29)25-22-13-20(7-8-23(22)33-17(3)4)34(30,31)27-9-11-32-12-10-27/h7-8,13,16-17H,9-12,14-15H2,1-6H3,(H,25,29). The average Bonchev–Trinajstić information content (AvgIpc) is 3.01. The topological polar surface area (TPSA) is 103 Å². The molecule has 2 aromatic rings. The maximum Gasteiger partial charge on any atom is 0.243 e. The van der Waals surface area contributed by atoms with Crippen LogP contribution in [-0.2, 0) is 32.5 Å². The largest absolute Gasteiger partial charge is 0.489 e. The highest BCUT2D eigenvalue weighted by molar-refractivity contribution is 7.89. The molecule has 0 bridgehead atoms. The molecule has 10 heteroatoms. The van der Waals surface area contributed by atoms with Gasteiger partial charge in [-0.25, -0.2) is 8.42 Å². The highest BCUT2D eigenvalue weighted by Gasteiger charge is 2.27. The molecule has 1 aromatic heterocycles. The fourth-order valence-corrected chi connectivity index (χ4v) is 5.36. The molecule has 1 aromatic carbocycles. The van der Waals surface area contributed by atoms with E-state index in [0.29, 0.717) is 43.7 Å². The second-order valence-electron chi connectivity index (χ2n) is 9.29. The molecule has 1 aliphatic rings. The van der Waals surface area contributed by atoms with Gasteiger partial charge in [-0.2, -0.15) is 9.40 Å². The zero-order valence-electron chi connectivity index (χ0n) is 20.9. The number of amides is 1. The van der Waals surface area contributed by atoms with Gasteiger partial charge in [0.05, 0.1) is 42.0 Å². The third kappa shape index (κ3) is 6.17. The molecule has 0 spiro atoms. The summed E-state index contributed by atoms with van der Waals surface area (Å²) in [6.45, 7) is 14.0. The van der Waals surface area contributed by atoms with Crippen molar-refractivity contribution in [1.82, 2.24) is 14.1 Å². The van der Waals surface area contributed by atoms with Gasteiger partial charge in [0.25, 0.3) is 0 Å². The molecule has 0 aliphatic carbocycles. The zero-order valence-corrected chi connectivity index (χ0v) is 21.7. The lowest BCUT2D eigenvalue weighted by Crippen LogP contribution is -2.40. The number of ether oxygens (including phenoxy) is 2. The fraction of sp³-hybridized carbons (Fsp3) is 0.583. The number of aryl methyl sites for hydroxylation is 1. The Kier molecular flexibility index (Phi) is 8.38. The van der Waals surface area contributed by atoms with Crippen molar-refractivity contribution in [2.45, 2.75) is 65.5 Å². The summed E-state index contributed by atoms with van der Waals surface area (Å²) in [6, 6.07) is 4.59. The van der Waals surface area contributed by atoms with Crippen LogP contribution in [0.15, 0.2) is 23.1 Å². The van der Waals surface area contributed by atoms with Crippen molar-refractivity contribution in [2.24, 2.45) is 5.92 Å². The van der Waals surface area contributed by atoms with Gasteiger partial charge in [-0.3, -0.25) is 9.48 Å². The summed E-state index contributed by atoms with van der Waals surface area (Å²) in [4.78, 5) is 13.1. The van der Waals surface area contributed by atoms with Crippen molar-refractivity contribution in [3.8, 4) is 5.75 Å². The van der Waals surface area contributed by atoms with E-state index < -0.39 is 10.0 Å². The SMILES string of the molecule is Cc1nn(CC(C)C)c(C)c1CC(=O)Nc1cc(S(=O)(=O)N2CCOCC2)ccc1OC(C)C. The Bertz CT molecular complexity index is 1120. The van der Waals surface area contributed by atoms with Gasteiger partial charge in [-0.1, -0.05) is 13.8 Å². The third-order valence-corrected chi connectivity index (χ3v) is 7.50. The van der Waals surface area contributed by atoms with E-state index in [0.717, 1.165) is 23.5 Å². The number of carbonyl (C=O) groups excluding carboxylic acids is 1. The van der Waals surface area contributed by atoms with E-state index >= 15 is 0 Å². The minimum atomic E-state index is -3.71. The molecule has 1 aliphatic heterocycles. The van der Waals surface area contributed by atoms with Crippen molar-refractivity contribution >= 4 is 21.6 Å². The Morgan fingerprint density at radius 3 is 2.47 bits per heavy atom. The van der Waals surface area contributed by atoms with Crippen molar-refractivity contribution in [1.29, 1.82) is 0 Å². The summed E-state index contributed by atoms with van der Waals surface area (Å²) in [5.41, 5.74) is 2.98. The molecule has 0 saturated carbocycles. The molecule has 1 N–H and O–H groups in total. The molecule has 0 unspecified atom stereocenters. The summed E-state index contributed by atoms with van der Waals surface area (Å²) < 4.78 is 40.7. The molecule has 1 fully saturated rings. The van der Waals surface area contributed by atoms with Gasteiger partial charge < -0.3 is 14.8 Å². The van der Waals surface area contributed by atoms with Gasteiger partial charge in [-0.05, 0) is 51.8 Å². The first-order chi connectivity index (χ1) is 16.0. The molecule has 2 heterocycles. The predicted octanol–water partition coefficient (Wildman–Crippen LogP) is 3.15. The third-order valence-electron chi connectivity index (χ3n) is 5.60. The smallest absolute Gasteiger partial charge is 0.243 e.